The molecule has 2 unspecified atom stereocenters. The second-order valence-corrected chi connectivity index (χ2v) is 8.82. The Bertz CT molecular complexity index is 1060. The van der Waals surface area contributed by atoms with Crippen LogP contribution in [-0.4, -0.2) is 73.7 Å². The number of rotatable bonds is 4. The largest absolute Gasteiger partial charge is 0.366 e. The molecule has 0 N–H and O–H groups in total. The minimum atomic E-state index is 0.193. The van der Waals surface area contributed by atoms with E-state index in [-0.39, 0.29) is 18.0 Å². The zero-order valence-corrected chi connectivity index (χ0v) is 18.6. The third kappa shape index (κ3) is 4.10. The normalized spacial score (nSPS) is 21.4. The van der Waals surface area contributed by atoms with Crippen LogP contribution in [0.3, 0.4) is 0 Å². The van der Waals surface area contributed by atoms with E-state index in [1.807, 2.05) is 52.3 Å². The lowest BCUT2D eigenvalue weighted by Crippen LogP contribution is -2.59. The molecule has 8 nitrogen and oxygen atoms in total. The van der Waals surface area contributed by atoms with E-state index in [4.69, 9.17) is 5.10 Å². The number of amides is 1. The van der Waals surface area contributed by atoms with Crippen LogP contribution in [0, 0.1) is 0 Å². The Morgan fingerprint density at radius 1 is 1.03 bits per heavy atom. The molecule has 1 amide bonds. The molecule has 4 heterocycles. The van der Waals surface area contributed by atoms with Crippen LogP contribution >= 0.6 is 0 Å². The Morgan fingerprint density at radius 3 is 2.47 bits per heavy atom. The molecule has 166 valence electrons. The molecule has 32 heavy (non-hydrogen) atoms. The monoisotopic (exact) mass is 431 g/mol. The van der Waals surface area contributed by atoms with Gasteiger partial charge in [0.05, 0.1) is 36.0 Å². The molecule has 2 aliphatic rings. The van der Waals surface area contributed by atoms with E-state index in [0.717, 1.165) is 48.7 Å². The second kappa shape index (κ2) is 8.70. The van der Waals surface area contributed by atoms with Crippen LogP contribution in [0.2, 0.25) is 0 Å². The number of anilines is 1. The van der Waals surface area contributed by atoms with E-state index < -0.39 is 0 Å². The van der Waals surface area contributed by atoms with Crippen LogP contribution < -0.4 is 4.90 Å². The van der Waals surface area contributed by atoms with Crippen LogP contribution in [0.25, 0.3) is 5.69 Å². The number of piperazine rings is 1. The predicted octanol–water partition coefficient (Wildman–Crippen LogP) is 2.15. The molecule has 0 bridgehead atoms. The van der Waals surface area contributed by atoms with Crippen molar-refractivity contribution >= 4 is 11.6 Å². The van der Waals surface area contributed by atoms with Gasteiger partial charge in [-0.05, 0) is 26.0 Å². The minimum Gasteiger partial charge on any atom is -0.366 e. The number of hydrogen-bond acceptors (Lipinski definition) is 6. The minimum absolute atomic E-state index is 0.193. The van der Waals surface area contributed by atoms with Gasteiger partial charge in [0, 0.05) is 56.4 Å². The molecule has 0 spiro atoms. The van der Waals surface area contributed by atoms with Crippen LogP contribution in [0.5, 0.6) is 0 Å². The summed E-state index contributed by atoms with van der Waals surface area (Å²) in [7, 11) is 0. The highest BCUT2D eigenvalue weighted by Crippen LogP contribution is 2.23. The van der Waals surface area contributed by atoms with E-state index >= 15 is 0 Å². The van der Waals surface area contributed by atoms with Gasteiger partial charge in [0.1, 0.15) is 6.33 Å². The molecular formula is C24H29N7O. The quantitative estimate of drug-likeness (QED) is 0.631. The van der Waals surface area contributed by atoms with Crippen molar-refractivity contribution in [3.05, 3.63) is 66.5 Å². The lowest BCUT2D eigenvalue weighted by atomic mass is 10.1. The summed E-state index contributed by atoms with van der Waals surface area (Å²) in [5.74, 6) is 0.193. The molecule has 0 radical (unpaired) electrons. The lowest BCUT2D eigenvalue weighted by molar-refractivity contribution is -0.134. The molecule has 1 fully saturated rings. The highest BCUT2D eigenvalue weighted by Gasteiger charge is 2.33. The van der Waals surface area contributed by atoms with E-state index in [2.05, 4.69) is 39.8 Å². The van der Waals surface area contributed by atoms with Gasteiger partial charge in [0.25, 0.3) is 0 Å². The van der Waals surface area contributed by atoms with Crippen molar-refractivity contribution < 1.29 is 4.79 Å². The summed E-state index contributed by atoms with van der Waals surface area (Å²) in [4.78, 5) is 28.1. The van der Waals surface area contributed by atoms with Gasteiger partial charge in [-0.2, -0.15) is 5.10 Å². The van der Waals surface area contributed by atoms with Crippen molar-refractivity contribution in [1.82, 2.24) is 29.5 Å². The van der Waals surface area contributed by atoms with Gasteiger partial charge in [-0.3, -0.25) is 9.69 Å². The van der Waals surface area contributed by atoms with Gasteiger partial charge in [-0.25, -0.2) is 14.6 Å². The van der Waals surface area contributed by atoms with Crippen molar-refractivity contribution in [3.8, 4) is 5.69 Å². The third-order valence-corrected chi connectivity index (χ3v) is 6.56. The van der Waals surface area contributed by atoms with E-state index in [9.17, 15) is 4.79 Å². The molecule has 0 saturated carbocycles. The van der Waals surface area contributed by atoms with Crippen LogP contribution in [0.4, 0.5) is 5.69 Å². The summed E-state index contributed by atoms with van der Waals surface area (Å²) < 4.78 is 1.93. The number of carbonyl (C=O) groups excluding carboxylic acids is 1. The fourth-order valence-electron chi connectivity index (χ4n) is 4.83. The van der Waals surface area contributed by atoms with Gasteiger partial charge in [0.2, 0.25) is 5.91 Å². The van der Waals surface area contributed by atoms with Crippen LogP contribution in [0.1, 0.15) is 25.1 Å². The van der Waals surface area contributed by atoms with Gasteiger partial charge in [-0.1, -0.05) is 18.2 Å². The van der Waals surface area contributed by atoms with Crippen LogP contribution in [0.15, 0.2) is 55.2 Å². The first kappa shape index (κ1) is 20.6. The summed E-state index contributed by atoms with van der Waals surface area (Å²) in [5, 5.41) is 4.74. The highest BCUT2D eigenvalue weighted by atomic mass is 16.2. The summed E-state index contributed by atoms with van der Waals surface area (Å²) in [6.07, 6.45) is 8.13. The van der Waals surface area contributed by atoms with Crippen molar-refractivity contribution in [2.75, 3.05) is 31.1 Å². The van der Waals surface area contributed by atoms with Crippen molar-refractivity contribution in [2.45, 2.75) is 38.9 Å². The molecule has 1 aromatic carbocycles. The smallest absolute Gasteiger partial charge is 0.237 e. The lowest BCUT2D eigenvalue weighted by Gasteiger charge is -2.45. The first-order valence-corrected chi connectivity index (χ1v) is 11.2. The maximum atomic E-state index is 13.2. The number of fused-ring (bicyclic) bond motifs is 1. The Morgan fingerprint density at radius 2 is 1.75 bits per heavy atom. The highest BCUT2D eigenvalue weighted by molar-refractivity contribution is 5.78. The zero-order valence-electron chi connectivity index (χ0n) is 18.6. The second-order valence-electron chi connectivity index (χ2n) is 8.82. The molecule has 3 aromatic rings. The van der Waals surface area contributed by atoms with Gasteiger partial charge in [0.15, 0.2) is 0 Å². The first-order chi connectivity index (χ1) is 15.6. The fourth-order valence-corrected chi connectivity index (χ4v) is 4.83. The van der Waals surface area contributed by atoms with Crippen molar-refractivity contribution in [3.63, 3.8) is 0 Å². The Hall–Kier alpha value is -3.26. The number of aromatic nitrogens is 4. The maximum Gasteiger partial charge on any atom is 0.237 e. The van der Waals surface area contributed by atoms with Gasteiger partial charge in [-0.15, -0.1) is 0 Å². The van der Waals surface area contributed by atoms with E-state index in [1.54, 1.807) is 6.33 Å². The summed E-state index contributed by atoms with van der Waals surface area (Å²) in [6.45, 7) is 7.91. The first-order valence-electron chi connectivity index (χ1n) is 11.2. The maximum absolute atomic E-state index is 13.2. The molecule has 1 saturated heterocycles. The molecule has 2 aromatic heterocycles. The average molecular weight is 432 g/mol. The predicted molar refractivity (Wildman–Crippen MR) is 123 cm³/mol. The van der Waals surface area contributed by atoms with Gasteiger partial charge < -0.3 is 9.80 Å². The molecule has 8 heteroatoms. The average Bonchev–Trinajstić information content (AvgIpc) is 3.26. The van der Waals surface area contributed by atoms with Crippen LogP contribution in [-0.2, 0) is 17.8 Å². The van der Waals surface area contributed by atoms with E-state index in [1.165, 1.54) is 0 Å². The fraction of sp³-hybridized carbons (Fsp3) is 0.417. The number of benzene rings is 1. The summed E-state index contributed by atoms with van der Waals surface area (Å²) in [6, 6.07) is 10.7. The third-order valence-electron chi connectivity index (χ3n) is 6.56. The Labute approximate surface area is 188 Å². The molecule has 2 atom stereocenters. The number of hydrogen-bond donors (Lipinski definition) is 0. The van der Waals surface area contributed by atoms with Gasteiger partial charge >= 0.3 is 0 Å². The Kier molecular flexibility index (Phi) is 5.61. The van der Waals surface area contributed by atoms with Crippen molar-refractivity contribution in [1.29, 1.82) is 0 Å². The van der Waals surface area contributed by atoms with E-state index in [0.29, 0.717) is 13.1 Å². The Balaban J connectivity index is 1.23. The molecule has 2 aliphatic heterocycles. The number of nitrogens with zero attached hydrogens (tertiary/aromatic N) is 7. The summed E-state index contributed by atoms with van der Waals surface area (Å²) >= 11 is 0. The SMILES string of the molecule is CC1CN(c2cncnc2)CC(C)N1CC(=O)N1CCc2nn(-c3ccccc3)cc2C1. The number of para-hydroxylation sites is 1. The standard InChI is InChI=1S/C24H29N7O/c1-18-12-29(22-10-25-17-26-11-22)13-19(2)30(18)16-24(32)28-9-8-23-20(14-28)15-31(27-23)21-6-4-3-5-7-21/h3-7,10-11,15,17-19H,8-9,12-14,16H2,1-2H3. The topological polar surface area (TPSA) is 70.4 Å². The number of carbonyl (C=O) groups is 1. The molecule has 0 aliphatic carbocycles. The molecule has 5 rings (SSSR count). The zero-order chi connectivity index (χ0) is 22.1. The van der Waals surface area contributed by atoms with Crippen molar-refractivity contribution in [2.24, 2.45) is 0 Å². The summed E-state index contributed by atoms with van der Waals surface area (Å²) in [5.41, 5.74) is 4.32. The molecular weight excluding hydrogens is 402 g/mol.